The van der Waals surface area contributed by atoms with E-state index in [-0.39, 0.29) is 5.92 Å². The molecule has 124 valence electrons. The predicted octanol–water partition coefficient (Wildman–Crippen LogP) is 3.36. The number of nitrogens with one attached hydrogen (secondary N) is 1. The van der Waals surface area contributed by atoms with Gasteiger partial charge in [0.1, 0.15) is 6.04 Å². The third-order valence-electron chi connectivity index (χ3n) is 3.71. The van der Waals surface area contributed by atoms with Crippen LogP contribution >= 0.6 is 0 Å². The van der Waals surface area contributed by atoms with Crippen LogP contribution in [-0.4, -0.2) is 29.2 Å². The molecule has 0 fully saturated rings. The van der Waals surface area contributed by atoms with Crippen LogP contribution in [0.15, 0.2) is 0 Å². The highest BCUT2D eigenvalue weighted by Gasteiger charge is 2.45. The number of hydrogen-bond donors (Lipinski definition) is 2. The molecular weight excluding hydrogens is 287 g/mol. The minimum atomic E-state index is -4.78. The lowest BCUT2D eigenvalue weighted by atomic mass is 9.74. The molecule has 2 N–H and O–H groups in total. The van der Waals surface area contributed by atoms with Gasteiger partial charge in [0.2, 0.25) is 5.91 Å². The highest BCUT2D eigenvalue weighted by molar-refractivity contribution is 5.83. The Kier molecular flexibility index (Phi) is 7.19. The highest BCUT2D eigenvalue weighted by atomic mass is 19.4. The number of amides is 1. The molecule has 0 saturated heterocycles. The van der Waals surface area contributed by atoms with Gasteiger partial charge in [-0.15, -0.1) is 0 Å². The van der Waals surface area contributed by atoms with Gasteiger partial charge in [0.05, 0.1) is 6.42 Å². The highest BCUT2D eigenvalue weighted by Crippen LogP contribution is 2.35. The largest absolute Gasteiger partial charge is 0.481 e. The number of carbonyl (C=O) groups is 2. The standard InChI is InChI=1S/C14H24F3NO3/c1-5-13(6-2,8-9(3)4)12(21)18-10(7-11(19)20)14(15,16)17/h9-10H,5-8H2,1-4H3,(H,18,21)(H,19,20). The molecule has 1 unspecified atom stereocenters. The maximum absolute atomic E-state index is 12.8. The average Bonchev–Trinajstić information content (AvgIpc) is 2.33. The number of carbonyl (C=O) groups excluding carboxylic acids is 1. The van der Waals surface area contributed by atoms with Crippen LogP contribution in [0.1, 0.15) is 53.4 Å². The van der Waals surface area contributed by atoms with Gasteiger partial charge in [0, 0.05) is 5.41 Å². The number of aliphatic carboxylic acids is 1. The Morgan fingerprint density at radius 3 is 1.90 bits per heavy atom. The van der Waals surface area contributed by atoms with E-state index in [9.17, 15) is 22.8 Å². The van der Waals surface area contributed by atoms with Crippen molar-refractivity contribution in [3.63, 3.8) is 0 Å². The van der Waals surface area contributed by atoms with Crippen molar-refractivity contribution in [2.45, 2.75) is 65.6 Å². The molecule has 0 aromatic heterocycles. The van der Waals surface area contributed by atoms with Crippen LogP contribution in [0.25, 0.3) is 0 Å². The number of halogens is 3. The van der Waals surface area contributed by atoms with Gasteiger partial charge in [-0.2, -0.15) is 13.2 Å². The van der Waals surface area contributed by atoms with Gasteiger partial charge in [-0.1, -0.05) is 27.7 Å². The molecule has 7 heteroatoms. The lowest BCUT2D eigenvalue weighted by molar-refractivity contribution is -0.172. The van der Waals surface area contributed by atoms with Crippen molar-refractivity contribution in [2.24, 2.45) is 11.3 Å². The van der Waals surface area contributed by atoms with E-state index in [4.69, 9.17) is 5.11 Å². The first-order chi connectivity index (χ1) is 9.48. The molecule has 0 spiro atoms. The second-order valence-corrected chi connectivity index (χ2v) is 5.75. The normalized spacial score (nSPS) is 14.1. The summed E-state index contributed by atoms with van der Waals surface area (Å²) in [6.45, 7) is 7.30. The Bertz CT molecular complexity index is 363. The molecule has 0 saturated carbocycles. The van der Waals surface area contributed by atoms with E-state index < -0.39 is 35.9 Å². The Balaban J connectivity index is 5.21. The summed E-state index contributed by atoms with van der Waals surface area (Å²) in [4.78, 5) is 22.9. The Hall–Kier alpha value is -1.27. The zero-order chi connectivity index (χ0) is 16.8. The predicted molar refractivity (Wildman–Crippen MR) is 72.7 cm³/mol. The third kappa shape index (κ3) is 5.93. The molecule has 0 aromatic carbocycles. The van der Waals surface area contributed by atoms with Crippen molar-refractivity contribution in [2.75, 3.05) is 0 Å². The molecule has 1 amide bonds. The Morgan fingerprint density at radius 1 is 1.14 bits per heavy atom. The minimum Gasteiger partial charge on any atom is -0.481 e. The van der Waals surface area contributed by atoms with E-state index >= 15 is 0 Å². The molecule has 0 rings (SSSR count). The summed E-state index contributed by atoms with van der Waals surface area (Å²) >= 11 is 0. The fraction of sp³-hybridized carbons (Fsp3) is 0.857. The van der Waals surface area contributed by atoms with Crippen molar-refractivity contribution in [1.29, 1.82) is 0 Å². The summed E-state index contributed by atoms with van der Waals surface area (Å²) in [5, 5.41) is 10.5. The second kappa shape index (κ2) is 7.66. The quantitative estimate of drug-likeness (QED) is 0.722. The van der Waals surface area contributed by atoms with Crippen molar-refractivity contribution < 1.29 is 27.9 Å². The van der Waals surface area contributed by atoms with E-state index in [0.717, 1.165) is 0 Å². The average molecular weight is 311 g/mol. The molecule has 0 aliphatic heterocycles. The summed E-state index contributed by atoms with van der Waals surface area (Å²) < 4.78 is 38.5. The zero-order valence-electron chi connectivity index (χ0n) is 12.9. The van der Waals surface area contributed by atoms with E-state index in [2.05, 4.69) is 0 Å². The van der Waals surface area contributed by atoms with Crippen LogP contribution in [-0.2, 0) is 9.59 Å². The Morgan fingerprint density at radius 2 is 1.62 bits per heavy atom. The van der Waals surface area contributed by atoms with Crippen LogP contribution < -0.4 is 5.32 Å². The summed E-state index contributed by atoms with van der Waals surface area (Å²) in [5.74, 6) is -2.16. The first kappa shape index (κ1) is 19.7. The summed E-state index contributed by atoms with van der Waals surface area (Å²) in [7, 11) is 0. The molecule has 0 bridgehead atoms. The maximum Gasteiger partial charge on any atom is 0.409 e. The molecule has 1 atom stereocenters. The molecule has 0 heterocycles. The maximum atomic E-state index is 12.8. The second-order valence-electron chi connectivity index (χ2n) is 5.75. The first-order valence-electron chi connectivity index (χ1n) is 7.08. The van der Waals surface area contributed by atoms with Gasteiger partial charge in [-0.05, 0) is 25.2 Å². The minimum absolute atomic E-state index is 0.152. The molecule has 0 aliphatic carbocycles. The topological polar surface area (TPSA) is 66.4 Å². The van der Waals surface area contributed by atoms with Crippen molar-refractivity contribution in [3.05, 3.63) is 0 Å². The van der Waals surface area contributed by atoms with E-state index in [1.165, 1.54) is 0 Å². The van der Waals surface area contributed by atoms with Gasteiger partial charge < -0.3 is 10.4 Å². The van der Waals surface area contributed by atoms with Crippen LogP contribution in [0.5, 0.6) is 0 Å². The molecular formula is C14H24F3NO3. The van der Waals surface area contributed by atoms with Gasteiger partial charge in [0.25, 0.3) is 0 Å². The number of alkyl halides is 3. The smallest absolute Gasteiger partial charge is 0.409 e. The van der Waals surface area contributed by atoms with E-state index in [1.807, 2.05) is 19.2 Å². The molecule has 4 nitrogen and oxygen atoms in total. The van der Waals surface area contributed by atoms with Crippen molar-refractivity contribution in [3.8, 4) is 0 Å². The van der Waals surface area contributed by atoms with E-state index in [1.54, 1.807) is 13.8 Å². The van der Waals surface area contributed by atoms with E-state index in [0.29, 0.717) is 19.3 Å². The molecule has 21 heavy (non-hydrogen) atoms. The fourth-order valence-electron chi connectivity index (χ4n) is 2.47. The first-order valence-corrected chi connectivity index (χ1v) is 7.08. The van der Waals surface area contributed by atoms with Gasteiger partial charge in [-0.3, -0.25) is 9.59 Å². The summed E-state index contributed by atoms with van der Waals surface area (Å²) in [6, 6.07) is -2.35. The van der Waals surface area contributed by atoms with Crippen LogP contribution in [0.2, 0.25) is 0 Å². The SMILES string of the molecule is CCC(CC)(CC(C)C)C(=O)NC(CC(=O)O)C(F)(F)F. The van der Waals surface area contributed by atoms with Gasteiger partial charge in [-0.25, -0.2) is 0 Å². The number of hydrogen-bond acceptors (Lipinski definition) is 2. The number of carboxylic acid groups (broad SMARTS) is 1. The molecule has 0 aliphatic rings. The Labute approximate surface area is 123 Å². The van der Waals surface area contributed by atoms with Crippen LogP contribution in [0.4, 0.5) is 13.2 Å². The van der Waals surface area contributed by atoms with Crippen molar-refractivity contribution >= 4 is 11.9 Å². The monoisotopic (exact) mass is 311 g/mol. The number of carboxylic acids is 1. The van der Waals surface area contributed by atoms with Crippen LogP contribution in [0, 0.1) is 11.3 Å². The zero-order valence-corrected chi connectivity index (χ0v) is 12.9. The summed E-state index contributed by atoms with van der Waals surface area (Å²) in [5.41, 5.74) is -0.893. The third-order valence-corrected chi connectivity index (χ3v) is 3.71. The molecule has 0 radical (unpaired) electrons. The van der Waals surface area contributed by atoms with Gasteiger partial charge >= 0.3 is 12.1 Å². The lowest BCUT2D eigenvalue weighted by Gasteiger charge is -2.34. The van der Waals surface area contributed by atoms with Crippen molar-refractivity contribution in [1.82, 2.24) is 5.32 Å². The summed E-state index contributed by atoms with van der Waals surface area (Å²) in [6.07, 6.45) is -4.67. The van der Waals surface area contributed by atoms with Crippen LogP contribution in [0.3, 0.4) is 0 Å². The van der Waals surface area contributed by atoms with Gasteiger partial charge in [0.15, 0.2) is 0 Å². The lowest BCUT2D eigenvalue weighted by Crippen LogP contribution is -2.52. The number of rotatable bonds is 8. The fourth-order valence-corrected chi connectivity index (χ4v) is 2.47. The molecule has 0 aromatic rings.